The van der Waals surface area contributed by atoms with Crippen LogP contribution in [0.25, 0.3) is 11.1 Å². The van der Waals surface area contributed by atoms with Crippen LogP contribution in [0.15, 0.2) is 79.1 Å². The number of alkyl carbamates (subject to hydrolysis) is 2. The Hall–Kier alpha value is -4.56. The average Bonchev–Trinajstić information content (AvgIpc) is 3.72. The summed E-state index contributed by atoms with van der Waals surface area (Å²) in [4.78, 5) is 43.2. The van der Waals surface area contributed by atoms with Gasteiger partial charge in [0.25, 0.3) is 5.91 Å². The van der Waals surface area contributed by atoms with Crippen LogP contribution >= 0.6 is 0 Å². The molecule has 1 aromatic heterocycles. The number of benzene rings is 2. The van der Waals surface area contributed by atoms with Crippen molar-refractivity contribution in [2.24, 2.45) is 11.3 Å². The summed E-state index contributed by atoms with van der Waals surface area (Å²) in [6, 6.07) is 19.4. The van der Waals surface area contributed by atoms with Gasteiger partial charge in [0.2, 0.25) is 0 Å². The van der Waals surface area contributed by atoms with Crippen LogP contribution in [-0.2, 0) is 36.7 Å². The van der Waals surface area contributed by atoms with Gasteiger partial charge in [-0.1, -0.05) is 75.4 Å². The van der Waals surface area contributed by atoms with Crippen LogP contribution in [0.3, 0.4) is 0 Å². The summed E-state index contributed by atoms with van der Waals surface area (Å²) < 4.78 is 21.8. The number of rotatable bonds is 13. The molecule has 2 aromatic carbocycles. The normalized spacial score (nSPS) is 20.3. The molecule has 3 amide bonds. The second-order valence-corrected chi connectivity index (χ2v) is 13.7. The number of nitrogens with one attached hydrogen (secondary N) is 3. The molecular formula is C37H47N5O8. The molecule has 2 aliphatic rings. The zero-order valence-corrected chi connectivity index (χ0v) is 28.9. The maximum Gasteiger partial charge on any atom is 0.407 e. The monoisotopic (exact) mass is 689 g/mol. The summed E-state index contributed by atoms with van der Waals surface area (Å²) in [7, 11) is 1.23. The topological polar surface area (TPSA) is 161 Å². The molecule has 268 valence electrons. The Kier molecular flexibility index (Phi) is 12.4. The summed E-state index contributed by atoms with van der Waals surface area (Å²) in [6.45, 7) is 6.42. The number of carbonyl (C=O) groups is 3. The lowest BCUT2D eigenvalue weighted by molar-refractivity contribution is -0.131. The summed E-state index contributed by atoms with van der Waals surface area (Å²) in [5.74, 6) is -0.535. The van der Waals surface area contributed by atoms with E-state index in [0.717, 1.165) is 28.7 Å². The largest absolute Gasteiger partial charge is 0.453 e. The predicted molar refractivity (Wildman–Crippen MR) is 184 cm³/mol. The van der Waals surface area contributed by atoms with Crippen LogP contribution in [0.1, 0.15) is 38.3 Å². The molecule has 0 unspecified atom stereocenters. The Morgan fingerprint density at radius 3 is 2.32 bits per heavy atom. The molecular weight excluding hydrogens is 642 g/mol. The van der Waals surface area contributed by atoms with Crippen LogP contribution in [0, 0.1) is 11.3 Å². The van der Waals surface area contributed by atoms with E-state index in [0.29, 0.717) is 6.61 Å². The molecule has 2 fully saturated rings. The Bertz CT molecular complexity index is 1550. The van der Waals surface area contributed by atoms with Crippen LogP contribution < -0.4 is 16.1 Å². The van der Waals surface area contributed by atoms with Gasteiger partial charge in [-0.05, 0) is 52.6 Å². The smallest absolute Gasteiger partial charge is 0.407 e. The molecule has 2 aliphatic heterocycles. The van der Waals surface area contributed by atoms with Crippen molar-refractivity contribution < 1.29 is 38.4 Å². The van der Waals surface area contributed by atoms with Crippen LogP contribution in [0.5, 0.6) is 0 Å². The molecule has 6 atom stereocenters. The number of amides is 3. The number of hydrogen-bond acceptors (Lipinski definition) is 10. The van der Waals surface area contributed by atoms with Gasteiger partial charge in [0.15, 0.2) is 6.29 Å². The molecule has 0 aliphatic carbocycles. The van der Waals surface area contributed by atoms with Crippen molar-refractivity contribution in [1.29, 1.82) is 0 Å². The van der Waals surface area contributed by atoms with Crippen molar-refractivity contribution >= 4 is 18.1 Å². The van der Waals surface area contributed by atoms with Crippen molar-refractivity contribution in [3.05, 3.63) is 90.3 Å². The third-order valence-corrected chi connectivity index (χ3v) is 8.90. The minimum Gasteiger partial charge on any atom is -0.453 e. The zero-order valence-electron chi connectivity index (χ0n) is 28.9. The maximum atomic E-state index is 13.7. The molecule has 2 saturated heterocycles. The van der Waals surface area contributed by atoms with E-state index in [-0.39, 0.29) is 38.3 Å². The van der Waals surface area contributed by atoms with Gasteiger partial charge >= 0.3 is 12.2 Å². The first-order valence-corrected chi connectivity index (χ1v) is 16.8. The molecule has 5 rings (SSSR count). The second-order valence-electron chi connectivity index (χ2n) is 13.7. The van der Waals surface area contributed by atoms with E-state index >= 15 is 0 Å². The molecule has 50 heavy (non-hydrogen) atoms. The highest BCUT2D eigenvalue weighted by Crippen LogP contribution is 2.33. The third-order valence-electron chi connectivity index (χ3n) is 8.90. The zero-order chi connectivity index (χ0) is 35.7. The predicted octanol–water partition coefficient (Wildman–Crippen LogP) is 3.81. The Labute approximate surface area is 292 Å². The van der Waals surface area contributed by atoms with E-state index in [4.69, 9.17) is 18.9 Å². The first-order chi connectivity index (χ1) is 24.0. The number of methoxy groups -OCH3 is 1. The molecule has 0 bridgehead atoms. The van der Waals surface area contributed by atoms with Gasteiger partial charge in [-0.2, -0.15) is 0 Å². The average molecular weight is 690 g/mol. The standard InChI is InChI=1S/C37H47N5O8/c1-37(2,3)32(40-35(45)47-4)33(44)41-42(21-25-8-6-5-7-9-25)22-30(43)29(39-36(46)50-31-23-49-34-28(31)16-19-48-34)20-24-10-12-26(13-11-24)27-14-17-38-18-15-27/h5-15,17-18,28-32,34,43H,16,19-23H2,1-4H3,(H,39,46)(H,40,45)(H,41,44)/t28-,29-,30-,31-,32+,34+/m0/s1. The highest BCUT2D eigenvalue weighted by Gasteiger charge is 2.44. The molecule has 13 nitrogen and oxygen atoms in total. The molecule has 3 aromatic rings. The van der Waals surface area contributed by atoms with E-state index in [1.807, 2.05) is 87.5 Å². The number of hydrazine groups is 1. The van der Waals surface area contributed by atoms with E-state index in [1.54, 1.807) is 17.4 Å². The lowest BCUT2D eigenvalue weighted by Crippen LogP contribution is -2.59. The first kappa shape index (κ1) is 36.7. The van der Waals surface area contributed by atoms with Gasteiger partial charge < -0.3 is 34.7 Å². The molecule has 0 saturated carbocycles. The molecule has 0 spiro atoms. The van der Waals surface area contributed by atoms with Crippen LogP contribution in [0.4, 0.5) is 9.59 Å². The van der Waals surface area contributed by atoms with Gasteiger partial charge in [0.1, 0.15) is 12.1 Å². The van der Waals surface area contributed by atoms with Gasteiger partial charge in [-0.3, -0.25) is 15.2 Å². The second kappa shape index (κ2) is 16.9. The van der Waals surface area contributed by atoms with E-state index < -0.39 is 47.8 Å². The van der Waals surface area contributed by atoms with E-state index in [9.17, 15) is 19.5 Å². The molecule has 13 heteroatoms. The van der Waals surface area contributed by atoms with Gasteiger partial charge in [0, 0.05) is 25.5 Å². The van der Waals surface area contributed by atoms with Crippen molar-refractivity contribution in [2.75, 3.05) is 26.9 Å². The van der Waals surface area contributed by atoms with Gasteiger partial charge in [-0.25, -0.2) is 14.6 Å². The van der Waals surface area contributed by atoms with Crippen molar-refractivity contribution in [2.45, 2.75) is 70.7 Å². The van der Waals surface area contributed by atoms with Crippen LogP contribution in [-0.4, -0.2) is 90.6 Å². The SMILES string of the molecule is COC(=O)N[C@H](C(=O)NN(Cc1ccccc1)C[C@H](O)[C@H](Cc1ccc(-c2ccncc2)cc1)NC(=O)O[C@H]1CO[C@H]2OCC[C@H]21)C(C)(C)C. The Balaban J connectivity index is 1.35. The number of pyridine rings is 1. The molecule has 3 heterocycles. The number of ether oxygens (including phenoxy) is 4. The highest BCUT2D eigenvalue weighted by atomic mass is 16.7. The lowest BCUT2D eigenvalue weighted by Gasteiger charge is -2.34. The van der Waals surface area contributed by atoms with Crippen molar-refractivity contribution in [3.8, 4) is 11.1 Å². The Morgan fingerprint density at radius 2 is 1.64 bits per heavy atom. The number of hydrogen-bond donors (Lipinski definition) is 4. The third kappa shape index (κ3) is 10.0. The summed E-state index contributed by atoms with van der Waals surface area (Å²) in [6.07, 6.45) is 1.02. The number of carbonyl (C=O) groups excluding carboxylic acids is 3. The fourth-order valence-corrected chi connectivity index (χ4v) is 6.16. The fraction of sp³-hybridized carbons (Fsp3) is 0.459. The van der Waals surface area contributed by atoms with Gasteiger partial charge in [0.05, 0.1) is 38.4 Å². The number of nitrogens with zero attached hydrogens (tertiary/aromatic N) is 2. The van der Waals surface area contributed by atoms with Gasteiger partial charge in [-0.15, -0.1) is 0 Å². The van der Waals surface area contributed by atoms with Crippen LogP contribution in [0.2, 0.25) is 0 Å². The maximum absolute atomic E-state index is 13.7. The first-order valence-electron chi connectivity index (χ1n) is 16.8. The number of aromatic nitrogens is 1. The summed E-state index contributed by atoms with van der Waals surface area (Å²) in [5, 5.41) is 18.9. The quantitative estimate of drug-likeness (QED) is 0.194. The number of fused-ring (bicyclic) bond motifs is 1. The highest BCUT2D eigenvalue weighted by molar-refractivity contribution is 5.86. The Morgan fingerprint density at radius 1 is 0.940 bits per heavy atom. The molecule has 4 N–H and O–H groups in total. The van der Waals surface area contributed by atoms with E-state index in [1.165, 1.54) is 7.11 Å². The summed E-state index contributed by atoms with van der Waals surface area (Å²) >= 11 is 0. The minimum absolute atomic E-state index is 0.0456. The van der Waals surface area contributed by atoms with Crippen molar-refractivity contribution in [1.82, 2.24) is 26.1 Å². The van der Waals surface area contributed by atoms with E-state index in [2.05, 4.69) is 21.0 Å². The number of aliphatic hydroxyl groups is 1. The number of aliphatic hydroxyl groups excluding tert-OH is 1. The summed E-state index contributed by atoms with van der Waals surface area (Å²) in [5.41, 5.74) is 5.99. The van der Waals surface area contributed by atoms with Crippen molar-refractivity contribution in [3.63, 3.8) is 0 Å². The molecule has 0 radical (unpaired) electrons. The minimum atomic E-state index is -1.17. The lowest BCUT2D eigenvalue weighted by atomic mass is 9.86. The fourth-order valence-electron chi connectivity index (χ4n) is 6.16.